The lowest BCUT2D eigenvalue weighted by molar-refractivity contribution is -0.119. The summed E-state index contributed by atoms with van der Waals surface area (Å²) in [6, 6.07) is 20.7. The van der Waals surface area contributed by atoms with E-state index in [0.29, 0.717) is 10.9 Å². The molecule has 0 unspecified atom stereocenters. The molecule has 4 aromatic rings. The second kappa shape index (κ2) is 8.75. The summed E-state index contributed by atoms with van der Waals surface area (Å²) in [6.45, 7) is -0.422. The monoisotopic (exact) mass is 418 g/mol. The van der Waals surface area contributed by atoms with Crippen molar-refractivity contribution in [2.24, 2.45) is 0 Å². The average molecular weight is 418 g/mol. The van der Waals surface area contributed by atoms with Gasteiger partial charge in [-0.1, -0.05) is 54.6 Å². The number of nitrogens with one attached hydrogen (secondary N) is 1. The van der Waals surface area contributed by atoms with Crippen molar-refractivity contribution in [3.63, 3.8) is 0 Å². The van der Waals surface area contributed by atoms with Gasteiger partial charge in [0, 0.05) is 10.9 Å². The summed E-state index contributed by atoms with van der Waals surface area (Å²) in [5, 5.41) is 6.78. The molecule has 0 spiro atoms. The number of amides is 1. The van der Waals surface area contributed by atoms with Crippen molar-refractivity contribution in [3.05, 3.63) is 77.7 Å². The number of esters is 1. The topological polar surface area (TPSA) is 77.5 Å². The van der Waals surface area contributed by atoms with Gasteiger partial charge >= 0.3 is 5.97 Å². The molecule has 3 aromatic carbocycles. The van der Waals surface area contributed by atoms with Crippen LogP contribution in [0.3, 0.4) is 0 Å². The van der Waals surface area contributed by atoms with Gasteiger partial charge < -0.3 is 9.47 Å². The van der Waals surface area contributed by atoms with Gasteiger partial charge in [-0.3, -0.25) is 10.1 Å². The second-order valence-electron chi connectivity index (χ2n) is 6.43. The highest BCUT2D eigenvalue weighted by molar-refractivity contribution is 7.14. The first kappa shape index (κ1) is 19.6. The van der Waals surface area contributed by atoms with E-state index in [-0.39, 0.29) is 5.56 Å². The summed E-state index contributed by atoms with van der Waals surface area (Å²) in [6.07, 6.45) is 0. The Morgan fingerprint density at radius 3 is 2.43 bits per heavy atom. The summed E-state index contributed by atoms with van der Waals surface area (Å²) < 4.78 is 10.5. The Hall–Kier alpha value is -3.71. The number of thiazole rings is 1. The van der Waals surface area contributed by atoms with Crippen molar-refractivity contribution >= 4 is 39.1 Å². The van der Waals surface area contributed by atoms with E-state index in [4.69, 9.17) is 9.47 Å². The third-order valence-corrected chi connectivity index (χ3v) is 5.20. The zero-order valence-electron chi connectivity index (χ0n) is 16.1. The van der Waals surface area contributed by atoms with E-state index in [1.54, 1.807) is 12.1 Å². The fourth-order valence-corrected chi connectivity index (χ4v) is 3.72. The van der Waals surface area contributed by atoms with Crippen LogP contribution >= 0.6 is 11.3 Å². The van der Waals surface area contributed by atoms with Crippen molar-refractivity contribution < 1.29 is 19.1 Å². The minimum Gasteiger partial charge on any atom is -0.496 e. The van der Waals surface area contributed by atoms with Gasteiger partial charge in [0.2, 0.25) is 0 Å². The van der Waals surface area contributed by atoms with Crippen LogP contribution in [0.25, 0.3) is 22.0 Å². The van der Waals surface area contributed by atoms with Crippen LogP contribution in [0.15, 0.2) is 72.1 Å². The molecular formula is C23H18N2O4S. The Labute approximate surface area is 177 Å². The lowest BCUT2D eigenvalue weighted by Gasteiger charge is -2.10. The highest BCUT2D eigenvalue weighted by Crippen LogP contribution is 2.27. The van der Waals surface area contributed by atoms with Crippen LogP contribution in [0.2, 0.25) is 0 Å². The largest absolute Gasteiger partial charge is 0.496 e. The quantitative estimate of drug-likeness (QED) is 0.457. The summed E-state index contributed by atoms with van der Waals surface area (Å²) in [7, 11) is 1.49. The summed E-state index contributed by atoms with van der Waals surface area (Å²) in [5.41, 5.74) is 2.00. The predicted octanol–water partition coefficient (Wildman–Crippen LogP) is 4.77. The zero-order valence-corrected chi connectivity index (χ0v) is 16.9. The molecule has 0 saturated carbocycles. The molecule has 0 fully saturated rings. The number of hydrogen-bond donors (Lipinski definition) is 1. The van der Waals surface area contributed by atoms with Crippen molar-refractivity contribution in [2.75, 3.05) is 19.0 Å². The Morgan fingerprint density at radius 1 is 1.00 bits per heavy atom. The molecule has 6 nitrogen and oxygen atoms in total. The normalized spacial score (nSPS) is 10.6. The van der Waals surface area contributed by atoms with Crippen LogP contribution in [-0.2, 0) is 9.53 Å². The van der Waals surface area contributed by atoms with Crippen molar-refractivity contribution in [1.82, 2.24) is 4.98 Å². The number of nitrogens with zero attached hydrogens (tertiary/aromatic N) is 1. The number of ether oxygens (including phenoxy) is 2. The Bertz CT molecular complexity index is 1200. The van der Waals surface area contributed by atoms with Gasteiger partial charge in [-0.15, -0.1) is 11.3 Å². The number of methoxy groups -OCH3 is 1. The van der Waals surface area contributed by atoms with Crippen molar-refractivity contribution in [1.29, 1.82) is 0 Å². The molecule has 0 atom stereocenters. The van der Waals surface area contributed by atoms with E-state index < -0.39 is 18.5 Å². The molecule has 4 rings (SSSR count). The molecular weight excluding hydrogens is 400 g/mol. The van der Waals surface area contributed by atoms with Crippen LogP contribution < -0.4 is 10.1 Å². The Balaban J connectivity index is 1.40. The van der Waals surface area contributed by atoms with Gasteiger partial charge in [0.05, 0.1) is 12.8 Å². The zero-order chi connectivity index (χ0) is 20.9. The number of carbonyl (C=O) groups excluding carboxylic acids is 2. The smallest absolute Gasteiger partial charge is 0.342 e. The predicted molar refractivity (Wildman–Crippen MR) is 117 cm³/mol. The van der Waals surface area contributed by atoms with Crippen molar-refractivity contribution in [3.8, 4) is 17.0 Å². The minimum atomic E-state index is -0.628. The van der Waals surface area contributed by atoms with Gasteiger partial charge in [-0.25, -0.2) is 9.78 Å². The lowest BCUT2D eigenvalue weighted by atomic mass is 10.1. The average Bonchev–Trinajstić information content (AvgIpc) is 3.25. The molecule has 1 heterocycles. The molecule has 0 saturated heterocycles. The summed E-state index contributed by atoms with van der Waals surface area (Å²) in [5.74, 6) is -0.694. The standard InChI is InChI=1S/C23H18N2O4S/c1-28-20-12-17-10-6-5-9-16(17)11-18(20)22(27)29-13-21(26)25-23-24-19(14-30-23)15-7-3-2-4-8-15/h2-12,14H,13H2,1H3,(H,24,25,26). The number of benzene rings is 3. The van der Waals surface area contributed by atoms with Gasteiger partial charge in [0.15, 0.2) is 11.7 Å². The minimum absolute atomic E-state index is 0.268. The molecule has 30 heavy (non-hydrogen) atoms. The molecule has 1 aromatic heterocycles. The van der Waals surface area contributed by atoms with Crippen LogP contribution in [0.5, 0.6) is 5.75 Å². The van der Waals surface area contributed by atoms with Gasteiger partial charge in [0.25, 0.3) is 5.91 Å². The Morgan fingerprint density at radius 2 is 1.70 bits per heavy atom. The Kier molecular flexibility index (Phi) is 5.72. The number of carbonyl (C=O) groups is 2. The number of anilines is 1. The van der Waals surface area contributed by atoms with Gasteiger partial charge in [-0.05, 0) is 22.9 Å². The number of rotatable bonds is 6. The fourth-order valence-electron chi connectivity index (χ4n) is 2.98. The third-order valence-electron chi connectivity index (χ3n) is 4.44. The number of aromatic nitrogens is 1. The first-order valence-electron chi connectivity index (χ1n) is 9.19. The van der Waals surface area contributed by atoms with Gasteiger partial charge in [-0.2, -0.15) is 0 Å². The summed E-state index contributed by atoms with van der Waals surface area (Å²) in [4.78, 5) is 29.1. The van der Waals surface area contributed by atoms with E-state index in [0.717, 1.165) is 22.0 Å². The molecule has 0 bridgehead atoms. The van der Waals surface area contributed by atoms with Gasteiger partial charge in [0.1, 0.15) is 11.3 Å². The molecule has 0 radical (unpaired) electrons. The molecule has 1 amide bonds. The van der Waals surface area contributed by atoms with E-state index >= 15 is 0 Å². The van der Waals surface area contributed by atoms with Crippen LogP contribution in [0, 0.1) is 0 Å². The van der Waals surface area contributed by atoms with E-state index in [1.807, 2.05) is 60.0 Å². The van der Waals surface area contributed by atoms with Crippen molar-refractivity contribution in [2.45, 2.75) is 0 Å². The maximum absolute atomic E-state index is 12.5. The van der Waals surface area contributed by atoms with E-state index in [9.17, 15) is 9.59 Å². The van der Waals surface area contributed by atoms with Crippen LogP contribution in [-0.4, -0.2) is 30.6 Å². The molecule has 0 aliphatic carbocycles. The summed E-state index contributed by atoms with van der Waals surface area (Å²) >= 11 is 1.31. The maximum atomic E-state index is 12.5. The SMILES string of the molecule is COc1cc2ccccc2cc1C(=O)OCC(=O)Nc1nc(-c2ccccc2)cs1. The highest BCUT2D eigenvalue weighted by Gasteiger charge is 2.17. The molecule has 7 heteroatoms. The van der Waals surface area contributed by atoms with Crippen LogP contribution in [0.4, 0.5) is 5.13 Å². The molecule has 0 aliphatic heterocycles. The highest BCUT2D eigenvalue weighted by atomic mass is 32.1. The molecule has 0 aliphatic rings. The lowest BCUT2D eigenvalue weighted by Crippen LogP contribution is -2.21. The molecule has 150 valence electrons. The maximum Gasteiger partial charge on any atom is 0.342 e. The second-order valence-corrected chi connectivity index (χ2v) is 7.29. The van der Waals surface area contributed by atoms with E-state index in [2.05, 4.69) is 10.3 Å². The fraction of sp³-hybridized carbons (Fsp3) is 0.0870. The first-order chi connectivity index (χ1) is 14.6. The van der Waals surface area contributed by atoms with Crippen LogP contribution in [0.1, 0.15) is 10.4 Å². The number of fused-ring (bicyclic) bond motifs is 1. The first-order valence-corrected chi connectivity index (χ1v) is 10.1. The van der Waals surface area contributed by atoms with E-state index in [1.165, 1.54) is 18.4 Å². The third kappa shape index (κ3) is 4.31. The number of hydrogen-bond acceptors (Lipinski definition) is 6. The molecule has 1 N–H and O–H groups in total.